The first-order valence-electron chi connectivity index (χ1n) is 8.91. The van der Waals surface area contributed by atoms with E-state index in [0.29, 0.717) is 35.4 Å². The third kappa shape index (κ3) is 5.93. The van der Waals surface area contributed by atoms with Gasteiger partial charge in [0.05, 0.1) is 28.9 Å². The molecule has 1 aromatic heterocycles. The lowest BCUT2D eigenvalue weighted by molar-refractivity contribution is -0.132. The van der Waals surface area contributed by atoms with Crippen molar-refractivity contribution in [3.05, 3.63) is 45.6 Å². The molecule has 1 atom stereocenters. The smallest absolute Gasteiger partial charge is 0.293 e. The van der Waals surface area contributed by atoms with Crippen molar-refractivity contribution in [2.45, 2.75) is 6.10 Å². The Balaban J connectivity index is 1.51. The molecule has 1 saturated heterocycles. The summed E-state index contributed by atoms with van der Waals surface area (Å²) in [4.78, 5) is 36.9. The van der Waals surface area contributed by atoms with Gasteiger partial charge in [0, 0.05) is 17.9 Å². The average Bonchev–Trinajstić information content (AvgIpc) is 3.17. The molecule has 0 unspecified atom stereocenters. The number of rotatable bonds is 9. The van der Waals surface area contributed by atoms with E-state index in [9.17, 15) is 14.4 Å². The lowest BCUT2D eigenvalue weighted by Crippen LogP contribution is -2.41. The van der Waals surface area contributed by atoms with Gasteiger partial charge in [-0.3, -0.25) is 14.4 Å². The number of hydrogen-bond acceptors (Lipinski definition) is 7. The summed E-state index contributed by atoms with van der Waals surface area (Å²) in [6.45, 7) is 1.94. The zero-order valence-electron chi connectivity index (χ0n) is 15.4. The van der Waals surface area contributed by atoms with E-state index >= 15 is 0 Å². The molecule has 2 aromatic rings. The molecule has 0 radical (unpaired) electrons. The fourth-order valence-corrected chi connectivity index (χ4v) is 3.72. The Morgan fingerprint density at radius 1 is 1.28 bits per heavy atom. The molecule has 29 heavy (non-hydrogen) atoms. The van der Waals surface area contributed by atoms with Crippen LogP contribution >= 0.6 is 22.9 Å². The number of ether oxygens (including phenoxy) is 2. The Kier molecular flexibility index (Phi) is 7.45. The zero-order valence-corrected chi connectivity index (χ0v) is 17.0. The first-order valence-corrected chi connectivity index (χ1v) is 10.1. The summed E-state index contributed by atoms with van der Waals surface area (Å²) in [5.74, 6) is -0.347. The number of halogens is 1. The highest BCUT2D eigenvalue weighted by Gasteiger charge is 2.20. The number of nitrogens with zero attached hydrogens (tertiary/aromatic N) is 1. The maximum absolute atomic E-state index is 12.1. The van der Waals surface area contributed by atoms with Crippen LogP contribution in [-0.2, 0) is 19.1 Å². The van der Waals surface area contributed by atoms with Gasteiger partial charge < -0.3 is 25.0 Å². The Bertz CT molecular complexity index is 858. The Labute approximate surface area is 176 Å². The summed E-state index contributed by atoms with van der Waals surface area (Å²) in [6.07, 6.45) is -0.549. The molecule has 1 aliphatic rings. The molecule has 2 N–H and O–H groups in total. The lowest BCUT2D eigenvalue weighted by atomic mass is 10.2. The van der Waals surface area contributed by atoms with Crippen LogP contribution in [0, 0.1) is 0 Å². The van der Waals surface area contributed by atoms with Crippen LogP contribution in [0.25, 0.3) is 0 Å². The number of carbonyl (C=O) groups excluding carboxylic acids is 3. The lowest BCUT2D eigenvalue weighted by Gasteiger charge is -2.27. The highest BCUT2D eigenvalue weighted by Crippen LogP contribution is 2.21. The number of morpholine rings is 1. The van der Waals surface area contributed by atoms with Crippen molar-refractivity contribution < 1.29 is 23.9 Å². The number of amides is 2. The maximum Gasteiger partial charge on any atom is 0.293 e. The Hall–Kier alpha value is -2.62. The molecular weight excluding hydrogens is 418 g/mol. The van der Waals surface area contributed by atoms with Gasteiger partial charge in [0.25, 0.3) is 18.3 Å². The van der Waals surface area contributed by atoms with E-state index in [1.54, 1.807) is 17.0 Å². The molecule has 2 amide bonds. The van der Waals surface area contributed by atoms with Gasteiger partial charge in [-0.25, -0.2) is 0 Å². The van der Waals surface area contributed by atoms with Crippen LogP contribution in [0.5, 0.6) is 0 Å². The van der Waals surface area contributed by atoms with Crippen molar-refractivity contribution in [2.24, 2.45) is 0 Å². The highest BCUT2D eigenvalue weighted by atomic mass is 35.5. The van der Waals surface area contributed by atoms with Gasteiger partial charge in [-0.1, -0.05) is 11.6 Å². The van der Waals surface area contributed by atoms with Crippen LogP contribution in [-0.4, -0.2) is 57.2 Å². The molecule has 0 bridgehead atoms. The minimum atomic E-state index is -0.549. The van der Waals surface area contributed by atoms with E-state index in [4.69, 9.17) is 21.1 Å². The van der Waals surface area contributed by atoms with Gasteiger partial charge >= 0.3 is 0 Å². The van der Waals surface area contributed by atoms with Crippen molar-refractivity contribution in [1.29, 1.82) is 0 Å². The van der Waals surface area contributed by atoms with Crippen molar-refractivity contribution in [1.82, 2.24) is 5.32 Å². The minimum absolute atomic E-state index is 0.0702. The van der Waals surface area contributed by atoms with E-state index < -0.39 is 6.10 Å². The zero-order chi connectivity index (χ0) is 20.6. The molecule has 8 nitrogen and oxygen atoms in total. The predicted molar refractivity (Wildman–Crippen MR) is 111 cm³/mol. The molecule has 0 aliphatic carbocycles. The summed E-state index contributed by atoms with van der Waals surface area (Å²) in [6, 6.07) is 10.6. The highest BCUT2D eigenvalue weighted by molar-refractivity contribution is 7.17. The summed E-state index contributed by atoms with van der Waals surface area (Å²) < 4.78 is 10.7. The number of nitrogens with one attached hydrogen (secondary N) is 2. The van der Waals surface area contributed by atoms with Crippen LogP contribution in [0.3, 0.4) is 0 Å². The molecule has 0 saturated carbocycles. The fourth-order valence-electron chi connectivity index (χ4n) is 2.76. The largest absolute Gasteiger partial charge is 0.461 e. The number of hydrogen-bond donors (Lipinski definition) is 2. The monoisotopic (exact) mass is 437 g/mol. The molecular formula is C19H20ClN3O5S. The Morgan fingerprint density at radius 3 is 2.72 bits per heavy atom. The number of benzene rings is 1. The fraction of sp³-hybridized carbons (Fsp3) is 0.316. The SMILES string of the molecule is O=CO[C@@H](CNC(=O)c1ccc(Cl)s1)CNc1ccc(N2CCOCC2=O)cc1. The van der Waals surface area contributed by atoms with Crippen LogP contribution in [0.15, 0.2) is 36.4 Å². The Morgan fingerprint density at radius 2 is 2.07 bits per heavy atom. The first-order chi connectivity index (χ1) is 14.1. The van der Waals surface area contributed by atoms with Crippen LogP contribution in [0.2, 0.25) is 4.34 Å². The number of anilines is 2. The van der Waals surface area contributed by atoms with E-state index in [1.165, 1.54) is 11.3 Å². The van der Waals surface area contributed by atoms with Crippen molar-refractivity contribution in [3.8, 4) is 0 Å². The van der Waals surface area contributed by atoms with E-state index in [-0.39, 0.29) is 25.0 Å². The summed E-state index contributed by atoms with van der Waals surface area (Å²) in [7, 11) is 0. The van der Waals surface area contributed by atoms with Gasteiger partial charge in [-0.05, 0) is 36.4 Å². The normalized spacial score (nSPS) is 14.9. The second kappa shape index (κ2) is 10.2. The maximum atomic E-state index is 12.1. The first kappa shape index (κ1) is 21.1. The summed E-state index contributed by atoms with van der Waals surface area (Å²) in [5.41, 5.74) is 1.59. The summed E-state index contributed by atoms with van der Waals surface area (Å²) in [5, 5.41) is 5.88. The van der Waals surface area contributed by atoms with E-state index in [0.717, 1.165) is 11.4 Å². The predicted octanol–water partition coefficient (Wildman–Crippen LogP) is 2.15. The van der Waals surface area contributed by atoms with E-state index in [1.807, 2.05) is 24.3 Å². The number of carbonyl (C=O) groups is 3. The van der Waals surface area contributed by atoms with Crippen LogP contribution < -0.4 is 15.5 Å². The molecule has 0 spiro atoms. The van der Waals surface area contributed by atoms with Gasteiger partial charge in [0.1, 0.15) is 12.7 Å². The minimum Gasteiger partial charge on any atom is -0.461 e. The summed E-state index contributed by atoms with van der Waals surface area (Å²) >= 11 is 7.01. The average molecular weight is 438 g/mol. The van der Waals surface area contributed by atoms with Crippen molar-refractivity contribution in [2.75, 3.05) is 43.1 Å². The standard InChI is InChI=1S/C19H20ClN3O5S/c20-17-6-5-16(29-17)19(26)22-10-15(28-12-24)9-21-13-1-3-14(4-2-13)23-7-8-27-11-18(23)25/h1-6,12,15,21H,7-11H2,(H,22,26)/t15-/m1/s1. The third-order valence-corrected chi connectivity index (χ3v) is 5.46. The van der Waals surface area contributed by atoms with Gasteiger partial charge in [0.2, 0.25) is 0 Å². The van der Waals surface area contributed by atoms with Crippen LogP contribution in [0.4, 0.5) is 11.4 Å². The van der Waals surface area contributed by atoms with Crippen molar-refractivity contribution >= 4 is 52.6 Å². The van der Waals surface area contributed by atoms with Crippen molar-refractivity contribution in [3.63, 3.8) is 0 Å². The molecule has 2 heterocycles. The molecule has 1 aliphatic heterocycles. The number of thiophene rings is 1. The van der Waals surface area contributed by atoms with Gasteiger partial charge in [-0.2, -0.15) is 0 Å². The quantitative estimate of drug-likeness (QED) is 0.583. The molecule has 1 aromatic carbocycles. The molecule has 154 valence electrons. The van der Waals surface area contributed by atoms with Crippen LogP contribution in [0.1, 0.15) is 9.67 Å². The molecule has 10 heteroatoms. The molecule has 3 rings (SSSR count). The van der Waals surface area contributed by atoms with Gasteiger partial charge in [0.15, 0.2) is 0 Å². The second-order valence-electron chi connectivity index (χ2n) is 6.19. The van der Waals surface area contributed by atoms with Gasteiger partial charge in [-0.15, -0.1) is 11.3 Å². The van der Waals surface area contributed by atoms with E-state index in [2.05, 4.69) is 10.6 Å². The third-order valence-electron chi connectivity index (χ3n) is 4.23. The topological polar surface area (TPSA) is 97.0 Å². The second-order valence-corrected chi connectivity index (χ2v) is 7.91. The molecule has 1 fully saturated rings.